The summed E-state index contributed by atoms with van der Waals surface area (Å²) >= 11 is 5.81. The summed E-state index contributed by atoms with van der Waals surface area (Å²) in [6.45, 7) is 2.05. The molecule has 2 aromatic carbocycles. The summed E-state index contributed by atoms with van der Waals surface area (Å²) in [5.74, 6) is 0.761. The van der Waals surface area contributed by atoms with E-state index in [-0.39, 0.29) is 5.91 Å². The number of amides is 1. The smallest absolute Gasteiger partial charge is 0.240 e. The van der Waals surface area contributed by atoms with Crippen LogP contribution in [0.5, 0.6) is 5.75 Å². The van der Waals surface area contributed by atoms with Gasteiger partial charge >= 0.3 is 0 Å². The van der Waals surface area contributed by atoms with E-state index in [1.165, 1.54) is 11.1 Å². The van der Waals surface area contributed by atoms with E-state index in [0.717, 1.165) is 24.2 Å². The second kappa shape index (κ2) is 9.08. The summed E-state index contributed by atoms with van der Waals surface area (Å²) in [6, 6.07) is 13.2. The highest BCUT2D eigenvalue weighted by molar-refractivity contribution is 6.30. The number of hydrogen-bond acceptors (Lipinski definition) is 3. The Hall–Kier alpha value is -2.33. The fourth-order valence-electron chi connectivity index (χ4n) is 2.30. The predicted molar refractivity (Wildman–Crippen MR) is 97.9 cm³/mol. The Bertz CT molecular complexity index is 712. The molecule has 0 aromatic heterocycles. The Morgan fingerprint density at radius 1 is 1.25 bits per heavy atom. The topological polar surface area (TPSA) is 50.7 Å². The van der Waals surface area contributed by atoms with Crippen LogP contribution in [0.3, 0.4) is 0 Å². The molecule has 5 heteroatoms. The number of hydrazone groups is 1. The lowest BCUT2D eigenvalue weighted by Crippen LogP contribution is -2.17. The number of rotatable bonds is 7. The van der Waals surface area contributed by atoms with E-state index in [2.05, 4.69) is 10.5 Å². The van der Waals surface area contributed by atoms with Crippen LogP contribution in [-0.2, 0) is 11.2 Å². The molecule has 0 saturated carbocycles. The Balaban J connectivity index is 1.74. The van der Waals surface area contributed by atoms with Gasteiger partial charge in [0.25, 0.3) is 0 Å². The summed E-state index contributed by atoms with van der Waals surface area (Å²) in [5.41, 5.74) is 5.83. The molecule has 24 heavy (non-hydrogen) atoms. The first-order valence-corrected chi connectivity index (χ1v) is 8.17. The van der Waals surface area contributed by atoms with Crippen molar-refractivity contribution in [2.45, 2.75) is 26.2 Å². The molecular weight excluding hydrogens is 324 g/mol. The van der Waals surface area contributed by atoms with Crippen LogP contribution in [0.25, 0.3) is 0 Å². The SMILES string of the molecule is COc1ccc(CCCC(=O)N/N=C\c2ccc(Cl)cc2)c(C)c1. The van der Waals surface area contributed by atoms with Gasteiger partial charge in [0.2, 0.25) is 5.91 Å². The average molecular weight is 345 g/mol. The minimum absolute atomic E-state index is 0.0913. The number of carbonyl (C=O) groups is 1. The van der Waals surface area contributed by atoms with Gasteiger partial charge in [-0.05, 0) is 60.7 Å². The van der Waals surface area contributed by atoms with Crippen LogP contribution < -0.4 is 10.2 Å². The molecule has 1 amide bonds. The molecule has 0 heterocycles. The van der Waals surface area contributed by atoms with Gasteiger partial charge in [0, 0.05) is 11.4 Å². The number of aryl methyl sites for hydroxylation is 2. The van der Waals surface area contributed by atoms with Crippen LogP contribution in [0, 0.1) is 6.92 Å². The number of ether oxygens (including phenoxy) is 1. The highest BCUT2D eigenvalue weighted by Crippen LogP contribution is 2.18. The summed E-state index contributed by atoms with van der Waals surface area (Å²) in [5, 5.41) is 4.62. The highest BCUT2D eigenvalue weighted by Gasteiger charge is 2.03. The van der Waals surface area contributed by atoms with Gasteiger partial charge in [-0.25, -0.2) is 5.43 Å². The molecular formula is C19H21ClN2O2. The number of benzene rings is 2. The van der Waals surface area contributed by atoms with Gasteiger partial charge in [-0.3, -0.25) is 4.79 Å². The molecule has 0 atom stereocenters. The predicted octanol–water partition coefficient (Wildman–Crippen LogP) is 4.13. The van der Waals surface area contributed by atoms with Gasteiger partial charge in [0.1, 0.15) is 5.75 Å². The van der Waals surface area contributed by atoms with Gasteiger partial charge in [-0.15, -0.1) is 0 Å². The fourth-order valence-corrected chi connectivity index (χ4v) is 2.42. The lowest BCUT2D eigenvalue weighted by Gasteiger charge is -2.07. The van der Waals surface area contributed by atoms with E-state index in [4.69, 9.17) is 16.3 Å². The first-order valence-electron chi connectivity index (χ1n) is 7.79. The van der Waals surface area contributed by atoms with Gasteiger partial charge in [0.15, 0.2) is 0 Å². The Kier molecular flexibility index (Phi) is 6.82. The van der Waals surface area contributed by atoms with Crippen molar-refractivity contribution in [3.05, 3.63) is 64.2 Å². The number of hydrogen-bond donors (Lipinski definition) is 1. The minimum Gasteiger partial charge on any atom is -0.497 e. The zero-order chi connectivity index (χ0) is 17.4. The maximum atomic E-state index is 11.8. The van der Waals surface area contributed by atoms with E-state index in [1.54, 1.807) is 25.5 Å². The van der Waals surface area contributed by atoms with E-state index < -0.39 is 0 Å². The van der Waals surface area contributed by atoms with Crippen molar-refractivity contribution in [1.29, 1.82) is 0 Å². The van der Waals surface area contributed by atoms with Gasteiger partial charge in [-0.2, -0.15) is 5.10 Å². The van der Waals surface area contributed by atoms with Gasteiger partial charge < -0.3 is 4.74 Å². The maximum Gasteiger partial charge on any atom is 0.240 e. The standard InChI is InChI=1S/C19H21ClN2O2/c1-14-12-18(24-2)11-8-16(14)4-3-5-19(23)22-21-13-15-6-9-17(20)10-7-15/h6-13H,3-5H2,1-2H3,(H,22,23)/b21-13-. The van der Waals surface area contributed by atoms with E-state index in [1.807, 2.05) is 37.3 Å². The molecule has 126 valence electrons. The minimum atomic E-state index is -0.0913. The van der Waals surface area contributed by atoms with Crippen molar-refractivity contribution in [2.24, 2.45) is 5.10 Å². The van der Waals surface area contributed by atoms with Crippen molar-refractivity contribution in [3.8, 4) is 5.75 Å². The van der Waals surface area contributed by atoms with Crippen molar-refractivity contribution in [1.82, 2.24) is 5.43 Å². The number of nitrogens with one attached hydrogen (secondary N) is 1. The third kappa shape index (κ3) is 5.70. The summed E-state index contributed by atoms with van der Waals surface area (Å²) in [6.07, 6.45) is 3.66. The van der Waals surface area contributed by atoms with Crippen molar-refractivity contribution in [3.63, 3.8) is 0 Å². The molecule has 0 saturated heterocycles. The summed E-state index contributed by atoms with van der Waals surface area (Å²) in [4.78, 5) is 11.8. The molecule has 0 bridgehead atoms. The number of methoxy groups -OCH3 is 1. The van der Waals surface area contributed by atoms with Crippen molar-refractivity contribution in [2.75, 3.05) is 7.11 Å². The maximum absolute atomic E-state index is 11.8. The van der Waals surface area contributed by atoms with E-state index in [0.29, 0.717) is 11.4 Å². The lowest BCUT2D eigenvalue weighted by molar-refractivity contribution is -0.121. The highest BCUT2D eigenvalue weighted by atomic mass is 35.5. The van der Waals surface area contributed by atoms with E-state index >= 15 is 0 Å². The number of nitrogens with zero attached hydrogens (tertiary/aromatic N) is 1. The molecule has 0 spiro atoms. The third-order valence-electron chi connectivity index (χ3n) is 3.67. The van der Waals surface area contributed by atoms with E-state index in [9.17, 15) is 4.79 Å². The zero-order valence-electron chi connectivity index (χ0n) is 13.9. The van der Waals surface area contributed by atoms with Crippen LogP contribution >= 0.6 is 11.6 Å². The second-order valence-corrected chi connectivity index (χ2v) is 5.93. The Morgan fingerprint density at radius 2 is 2.00 bits per heavy atom. The Morgan fingerprint density at radius 3 is 2.67 bits per heavy atom. The molecule has 0 fully saturated rings. The quantitative estimate of drug-likeness (QED) is 0.606. The first kappa shape index (κ1) is 18.0. The molecule has 2 rings (SSSR count). The number of halogens is 1. The van der Waals surface area contributed by atoms with Crippen LogP contribution in [0.15, 0.2) is 47.6 Å². The molecule has 0 radical (unpaired) electrons. The van der Waals surface area contributed by atoms with Crippen LogP contribution in [0.2, 0.25) is 5.02 Å². The Labute approximate surface area is 147 Å². The largest absolute Gasteiger partial charge is 0.497 e. The monoisotopic (exact) mass is 344 g/mol. The molecule has 0 aliphatic heterocycles. The molecule has 0 aliphatic rings. The molecule has 0 unspecified atom stereocenters. The second-order valence-electron chi connectivity index (χ2n) is 5.49. The van der Waals surface area contributed by atoms with Crippen LogP contribution in [-0.4, -0.2) is 19.2 Å². The van der Waals surface area contributed by atoms with Crippen LogP contribution in [0.1, 0.15) is 29.5 Å². The van der Waals surface area contributed by atoms with Gasteiger partial charge in [-0.1, -0.05) is 29.8 Å². The molecule has 4 nitrogen and oxygen atoms in total. The van der Waals surface area contributed by atoms with Crippen molar-refractivity contribution < 1.29 is 9.53 Å². The average Bonchev–Trinajstić information content (AvgIpc) is 2.58. The summed E-state index contributed by atoms with van der Waals surface area (Å²) in [7, 11) is 1.66. The molecule has 1 N–H and O–H groups in total. The van der Waals surface area contributed by atoms with Crippen LogP contribution in [0.4, 0.5) is 0 Å². The van der Waals surface area contributed by atoms with Gasteiger partial charge in [0.05, 0.1) is 13.3 Å². The normalized spacial score (nSPS) is 10.8. The number of carbonyl (C=O) groups excluding carboxylic acids is 1. The first-order chi connectivity index (χ1) is 11.6. The summed E-state index contributed by atoms with van der Waals surface area (Å²) < 4.78 is 5.19. The lowest BCUT2D eigenvalue weighted by atomic mass is 10.0. The molecule has 2 aromatic rings. The third-order valence-corrected chi connectivity index (χ3v) is 3.92. The molecule has 0 aliphatic carbocycles. The fraction of sp³-hybridized carbons (Fsp3) is 0.263. The van der Waals surface area contributed by atoms with Crippen molar-refractivity contribution >= 4 is 23.7 Å². The zero-order valence-corrected chi connectivity index (χ0v) is 14.6.